The van der Waals surface area contributed by atoms with Gasteiger partial charge >= 0.3 is 0 Å². The highest BCUT2D eigenvalue weighted by atomic mass is 127. The van der Waals surface area contributed by atoms with Gasteiger partial charge in [-0.05, 0) is 19.1 Å². The minimum atomic E-state index is -3.17. The van der Waals surface area contributed by atoms with E-state index in [2.05, 4.69) is 20.3 Å². The number of sulfonamides is 1. The highest BCUT2D eigenvalue weighted by Gasteiger charge is 2.12. The first kappa shape index (κ1) is 20.7. The molecule has 3 N–H and O–H groups in total. The van der Waals surface area contributed by atoms with Crippen LogP contribution in [-0.4, -0.2) is 40.8 Å². The zero-order chi connectivity index (χ0) is 16.9. The first-order chi connectivity index (χ1) is 10.9. The van der Waals surface area contributed by atoms with Crippen molar-refractivity contribution >= 4 is 50.9 Å². The average Bonchev–Trinajstić information content (AvgIpc) is 2.93. The van der Waals surface area contributed by atoms with E-state index in [9.17, 15) is 8.42 Å². The molecule has 134 valence electrons. The van der Waals surface area contributed by atoms with Gasteiger partial charge in [0.05, 0.1) is 12.3 Å². The van der Waals surface area contributed by atoms with Crippen molar-refractivity contribution in [2.24, 2.45) is 4.99 Å². The number of furan rings is 1. The Labute approximate surface area is 159 Å². The molecular weight excluding hydrogens is 443 g/mol. The molecule has 0 spiro atoms. The Morgan fingerprint density at radius 1 is 1.29 bits per heavy atom. The number of nitrogens with one attached hydrogen (secondary N) is 3. The molecule has 9 heteroatoms. The molecule has 0 saturated carbocycles. The lowest BCUT2D eigenvalue weighted by molar-refractivity contribution is 0.488. The van der Waals surface area contributed by atoms with Crippen LogP contribution in [0.2, 0.25) is 0 Å². The number of para-hydroxylation sites is 1. The van der Waals surface area contributed by atoms with Crippen molar-refractivity contribution in [3.63, 3.8) is 0 Å². The average molecular weight is 466 g/mol. The van der Waals surface area contributed by atoms with Crippen molar-refractivity contribution in [2.75, 3.05) is 26.4 Å². The molecule has 0 amide bonds. The molecule has 1 aromatic carbocycles. The maximum Gasteiger partial charge on any atom is 0.208 e. The fourth-order valence-corrected chi connectivity index (χ4v) is 2.58. The third-order valence-electron chi connectivity index (χ3n) is 3.23. The summed E-state index contributed by atoms with van der Waals surface area (Å²) < 4.78 is 30.2. The van der Waals surface area contributed by atoms with Crippen molar-refractivity contribution in [3.05, 3.63) is 36.1 Å². The minimum Gasteiger partial charge on any atom is -0.459 e. The van der Waals surface area contributed by atoms with Crippen molar-refractivity contribution in [1.82, 2.24) is 15.4 Å². The van der Waals surface area contributed by atoms with Gasteiger partial charge in [-0.3, -0.25) is 4.99 Å². The number of hydrogen-bond donors (Lipinski definition) is 3. The molecule has 0 aliphatic rings. The van der Waals surface area contributed by atoms with E-state index in [4.69, 9.17) is 4.42 Å². The zero-order valence-electron chi connectivity index (χ0n) is 13.9. The summed E-state index contributed by atoms with van der Waals surface area (Å²) in [4.78, 5) is 4.12. The van der Waals surface area contributed by atoms with Gasteiger partial charge in [0.2, 0.25) is 10.0 Å². The van der Waals surface area contributed by atoms with Gasteiger partial charge in [0, 0.05) is 25.5 Å². The van der Waals surface area contributed by atoms with E-state index < -0.39 is 10.0 Å². The molecule has 0 aliphatic heterocycles. The lowest BCUT2D eigenvalue weighted by Gasteiger charge is -2.16. The predicted molar refractivity (Wildman–Crippen MR) is 107 cm³/mol. The Kier molecular flexibility index (Phi) is 7.97. The second-order valence-corrected chi connectivity index (χ2v) is 7.05. The monoisotopic (exact) mass is 466 g/mol. The molecule has 7 nitrogen and oxygen atoms in total. The number of hydrogen-bond acceptors (Lipinski definition) is 4. The fraction of sp³-hybridized carbons (Fsp3) is 0.400. The summed E-state index contributed by atoms with van der Waals surface area (Å²) in [6.45, 7) is 2.69. The van der Waals surface area contributed by atoms with E-state index in [0.717, 1.165) is 23.0 Å². The van der Waals surface area contributed by atoms with E-state index in [1.807, 2.05) is 37.3 Å². The molecule has 24 heavy (non-hydrogen) atoms. The molecule has 1 unspecified atom stereocenters. The standard InChI is InChI=1S/C15H22N4O3S.HI/c1-11(14-10-12-6-4-5-7-13(12)22-14)19-15(16-2)17-8-9-18-23(3,20)21;/h4-7,10-11,18H,8-9H2,1-3H3,(H2,16,17,19);1H. The van der Waals surface area contributed by atoms with E-state index in [-0.39, 0.29) is 30.0 Å². The summed E-state index contributed by atoms with van der Waals surface area (Å²) in [6.07, 6.45) is 1.13. The van der Waals surface area contributed by atoms with Gasteiger partial charge in [-0.15, -0.1) is 24.0 Å². The Morgan fingerprint density at radius 3 is 2.62 bits per heavy atom. The first-order valence-electron chi connectivity index (χ1n) is 7.29. The van der Waals surface area contributed by atoms with Crippen LogP contribution < -0.4 is 15.4 Å². The largest absolute Gasteiger partial charge is 0.459 e. The Bertz CT molecular complexity index is 756. The lowest BCUT2D eigenvalue weighted by atomic mass is 10.2. The van der Waals surface area contributed by atoms with Crippen LogP contribution in [0.15, 0.2) is 39.7 Å². The van der Waals surface area contributed by atoms with Crippen molar-refractivity contribution in [3.8, 4) is 0 Å². The van der Waals surface area contributed by atoms with Crippen LogP contribution in [-0.2, 0) is 10.0 Å². The molecule has 1 aromatic heterocycles. The van der Waals surface area contributed by atoms with Gasteiger partial charge in [0.1, 0.15) is 11.3 Å². The maximum atomic E-state index is 11.0. The second-order valence-electron chi connectivity index (χ2n) is 5.22. The van der Waals surface area contributed by atoms with Crippen LogP contribution in [0.25, 0.3) is 11.0 Å². The molecule has 2 aromatic rings. The van der Waals surface area contributed by atoms with E-state index in [1.165, 1.54) is 0 Å². The van der Waals surface area contributed by atoms with E-state index in [1.54, 1.807) is 7.05 Å². The first-order valence-corrected chi connectivity index (χ1v) is 9.18. The SMILES string of the molecule is CN=C(NCCNS(C)(=O)=O)NC(C)c1cc2ccccc2o1.I. The van der Waals surface area contributed by atoms with Crippen LogP contribution in [0, 0.1) is 0 Å². The quantitative estimate of drug-likeness (QED) is 0.261. The van der Waals surface area contributed by atoms with Gasteiger partial charge in [0.15, 0.2) is 5.96 Å². The molecule has 0 aliphatic carbocycles. The molecule has 1 atom stereocenters. The van der Waals surface area contributed by atoms with Crippen LogP contribution in [0.4, 0.5) is 0 Å². The number of aliphatic imine (C=N–C) groups is 1. The fourth-order valence-electron chi connectivity index (χ4n) is 2.10. The third-order valence-corrected chi connectivity index (χ3v) is 3.96. The smallest absolute Gasteiger partial charge is 0.208 e. The second kappa shape index (κ2) is 9.23. The molecule has 0 fully saturated rings. The van der Waals surface area contributed by atoms with Crippen LogP contribution in [0.1, 0.15) is 18.7 Å². The number of benzene rings is 1. The molecular formula is C15H23IN4O3S. The number of rotatable bonds is 6. The third kappa shape index (κ3) is 6.29. The summed E-state index contributed by atoms with van der Waals surface area (Å²) in [5.74, 6) is 1.39. The van der Waals surface area contributed by atoms with Gasteiger partial charge < -0.3 is 15.1 Å². The molecule has 0 saturated heterocycles. The summed E-state index contributed by atoms with van der Waals surface area (Å²) in [5, 5.41) is 7.31. The molecule has 2 rings (SSSR count). The summed E-state index contributed by atoms with van der Waals surface area (Å²) >= 11 is 0. The summed E-state index contributed by atoms with van der Waals surface area (Å²) in [6, 6.07) is 9.74. The van der Waals surface area contributed by atoms with Gasteiger partial charge in [0.25, 0.3) is 0 Å². The summed E-state index contributed by atoms with van der Waals surface area (Å²) in [5.41, 5.74) is 0.844. The number of halogens is 1. The van der Waals surface area contributed by atoms with Crippen molar-refractivity contribution in [2.45, 2.75) is 13.0 Å². The highest BCUT2D eigenvalue weighted by molar-refractivity contribution is 14.0. The number of guanidine groups is 1. The van der Waals surface area contributed by atoms with E-state index in [0.29, 0.717) is 19.0 Å². The number of nitrogens with zero attached hydrogens (tertiary/aromatic N) is 1. The number of fused-ring (bicyclic) bond motifs is 1. The lowest BCUT2D eigenvalue weighted by Crippen LogP contribution is -2.42. The maximum absolute atomic E-state index is 11.0. The molecule has 0 radical (unpaired) electrons. The van der Waals surface area contributed by atoms with Crippen LogP contribution in [0.3, 0.4) is 0 Å². The predicted octanol–water partition coefficient (Wildman–Crippen LogP) is 1.83. The van der Waals surface area contributed by atoms with Crippen molar-refractivity contribution < 1.29 is 12.8 Å². The Morgan fingerprint density at radius 2 is 2.00 bits per heavy atom. The Balaban J connectivity index is 0.00000288. The van der Waals surface area contributed by atoms with Gasteiger partial charge in [-0.2, -0.15) is 0 Å². The normalized spacial score (nSPS) is 13.4. The van der Waals surface area contributed by atoms with E-state index >= 15 is 0 Å². The Hall–Kier alpha value is -1.33. The summed E-state index contributed by atoms with van der Waals surface area (Å²) in [7, 11) is -1.52. The van der Waals surface area contributed by atoms with Gasteiger partial charge in [-0.25, -0.2) is 13.1 Å². The van der Waals surface area contributed by atoms with Crippen LogP contribution >= 0.6 is 24.0 Å². The molecule has 0 bridgehead atoms. The highest BCUT2D eigenvalue weighted by Crippen LogP contribution is 2.23. The zero-order valence-corrected chi connectivity index (χ0v) is 17.0. The minimum absolute atomic E-state index is 0. The van der Waals surface area contributed by atoms with Crippen LogP contribution in [0.5, 0.6) is 0 Å². The van der Waals surface area contributed by atoms with Gasteiger partial charge in [-0.1, -0.05) is 18.2 Å². The topological polar surface area (TPSA) is 95.7 Å². The molecule has 1 heterocycles. The van der Waals surface area contributed by atoms with Crippen molar-refractivity contribution in [1.29, 1.82) is 0 Å².